The van der Waals surface area contributed by atoms with Gasteiger partial charge < -0.3 is 0 Å². The van der Waals surface area contributed by atoms with E-state index in [0.29, 0.717) is 0 Å². The van der Waals surface area contributed by atoms with Gasteiger partial charge in [0.15, 0.2) is 5.78 Å². The Balaban J connectivity index is 3.03. The van der Waals surface area contributed by atoms with Crippen LogP contribution in [0.25, 0.3) is 0 Å². The van der Waals surface area contributed by atoms with E-state index in [0.717, 1.165) is 0 Å². The van der Waals surface area contributed by atoms with E-state index in [1.54, 1.807) is 12.1 Å². The molecule has 0 bridgehead atoms. The minimum absolute atomic E-state index is 0.0981. The molecule has 0 N–H and O–H groups in total. The Kier molecular flexibility index (Phi) is 2.36. The van der Waals surface area contributed by atoms with Crippen molar-refractivity contribution < 1.29 is 9.18 Å². The third-order valence-electron chi connectivity index (χ3n) is 1.40. The second-order valence-corrected chi connectivity index (χ2v) is 2.15. The monoisotopic (exact) mass is 151 g/mol. The van der Waals surface area contributed by atoms with Crippen LogP contribution in [-0.4, -0.2) is 5.78 Å². The molecule has 0 fully saturated rings. The number of hydrogen-bond acceptors (Lipinski definition) is 1. The van der Waals surface area contributed by atoms with Crippen LogP contribution >= 0.6 is 0 Å². The van der Waals surface area contributed by atoms with Crippen LogP contribution < -0.4 is 0 Å². The molecule has 1 rings (SSSR count). The number of carbonyl (C=O) groups excluding carboxylic acids is 1. The van der Waals surface area contributed by atoms with Crippen LogP contribution in [0, 0.1) is 12.7 Å². The van der Waals surface area contributed by atoms with Crippen molar-refractivity contribution in [1.82, 2.24) is 0 Å². The summed E-state index contributed by atoms with van der Waals surface area (Å²) in [5, 5.41) is 0. The van der Waals surface area contributed by atoms with Crippen molar-refractivity contribution in [1.29, 1.82) is 0 Å². The maximum absolute atomic E-state index is 12.8. The van der Waals surface area contributed by atoms with Crippen molar-refractivity contribution in [3.8, 4) is 0 Å². The molecule has 0 amide bonds. The Morgan fingerprint density at radius 3 is 2.64 bits per heavy atom. The topological polar surface area (TPSA) is 17.1 Å². The second-order valence-electron chi connectivity index (χ2n) is 2.15. The zero-order valence-corrected chi connectivity index (χ0v) is 6.01. The number of benzene rings is 1. The molecule has 0 aliphatic rings. The van der Waals surface area contributed by atoms with Crippen molar-refractivity contribution in [3.05, 3.63) is 42.6 Å². The Labute approximate surface area is 64.9 Å². The van der Waals surface area contributed by atoms with Gasteiger partial charge in [-0.05, 0) is 19.1 Å². The van der Waals surface area contributed by atoms with Gasteiger partial charge in [0.2, 0.25) is 0 Å². The van der Waals surface area contributed by atoms with Gasteiger partial charge in [-0.1, -0.05) is 12.1 Å². The van der Waals surface area contributed by atoms with E-state index in [1.165, 1.54) is 12.1 Å². The molecule has 0 heterocycles. The van der Waals surface area contributed by atoms with E-state index in [2.05, 4.69) is 6.92 Å². The first-order chi connectivity index (χ1) is 5.25. The molecule has 0 aliphatic carbocycles. The number of hydrogen-bond donors (Lipinski definition) is 0. The normalized spacial score (nSPS) is 9.64. The summed E-state index contributed by atoms with van der Waals surface area (Å²) in [6, 6.07) is 5.91. The van der Waals surface area contributed by atoms with E-state index in [1.807, 2.05) is 0 Å². The summed E-state index contributed by atoms with van der Waals surface area (Å²) in [4.78, 5) is 10.9. The van der Waals surface area contributed by atoms with Gasteiger partial charge in [-0.15, -0.1) is 0 Å². The quantitative estimate of drug-likeness (QED) is 0.592. The van der Waals surface area contributed by atoms with Crippen LogP contribution in [0.1, 0.15) is 16.8 Å². The molecule has 57 valence electrons. The lowest BCUT2D eigenvalue weighted by Gasteiger charge is -1.97. The van der Waals surface area contributed by atoms with Crippen molar-refractivity contribution in [2.45, 2.75) is 6.42 Å². The average molecular weight is 151 g/mol. The molecule has 1 nitrogen and oxygen atoms in total. The summed E-state index contributed by atoms with van der Waals surface area (Å²) in [6.45, 7) is 3.39. The van der Waals surface area contributed by atoms with Gasteiger partial charge in [-0.2, -0.15) is 0 Å². The average Bonchev–Trinajstić information content (AvgIpc) is 2.04. The van der Waals surface area contributed by atoms with Crippen molar-refractivity contribution in [2.24, 2.45) is 0 Å². The maximum Gasteiger partial charge on any atom is 0.165 e. The smallest absolute Gasteiger partial charge is 0.165 e. The first-order valence-electron chi connectivity index (χ1n) is 3.32. The van der Waals surface area contributed by atoms with Crippen molar-refractivity contribution >= 4 is 5.78 Å². The molecule has 0 aliphatic heterocycles. The lowest BCUT2D eigenvalue weighted by Crippen LogP contribution is -1.99. The van der Waals surface area contributed by atoms with Crippen LogP contribution in [0.5, 0.6) is 0 Å². The van der Waals surface area contributed by atoms with Crippen LogP contribution in [0.15, 0.2) is 24.3 Å². The predicted molar refractivity (Wildman–Crippen MR) is 40.7 cm³/mol. The number of halogens is 1. The number of carbonyl (C=O) groups is 1. The highest BCUT2D eigenvalue weighted by atomic mass is 19.1. The summed E-state index contributed by atoms with van der Waals surface area (Å²) < 4.78 is 12.8. The Morgan fingerprint density at radius 2 is 2.09 bits per heavy atom. The molecule has 2 heteroatoms. The molecular formula is C9H8FO. The lowest BCUT2D eigenvalue weighted by atomic mass is 10.1. The summed E-state index contributed by atoms with van der Waals surface area (Å²) in [5.41, 5.74) is 0.127. The van der Waals surface area contributed by atoms with E-state index in [9.17, 15) is 9.18 Å². The Hall–Kier alpha value is -1.18. The third-order valence-corrected chi connectivity index (χ3v) is 1.40. The fourth-order valence-corrected chi connectivity index (χ4v) is 0.822. The summed E-state index contributed by atoms with van der Waals surface area (Å²) in [6.07, 6.45) is 0.0981. The van der Waals surface area contributed by atoms with Gasteiger partial charge in [0.25, 0.3) is 0 Å². The zero-order chi connectivity index (χ0) is 8.27. The molecule has 0 atom stereocenters. The van der Waals surface area contributed by atoms with E-state index in [4.69, 9.17) is 0 Å². The number of rotatable bonds is 2. The summed E-state index contributed by atoms with van der Waals surface area (Å²) >= 11 is 0. The Morgan fingerprint density at radius 1 is 1.45 bits per heavy atom. The first kappa shape index (κ1) is 7.92. The summed E-state index contributed by atoms with van der Waals surface area (Å²) in [5.74, 6) is -0.732. The fourth-order valence-electron chi connectivity index (χ4n) is 0.822. The molecule has 0 aromatic heterocycles. The standard InChI is InChI=1S/C9H8FO/c1-2-9(11)7-5-3-4-6-8(7)10/h3-6H,1-2H2. The highest BCUT2D eigenvalue weighted by Gasteiger charge is 2.06. The van der Waals surface area contributed by atoms with Gasteiger partial charge in [-0.3, -0.25) is 4.79 Å². The SMILES string of the molecule is [CH2]CC(=O)c1ccccc1F. The zero-order valence-electron chi connectivity index (χ0n) is 6.01. The third kappa shape index (κ3) is 1.64. The highest BCUT2D eigenvalue weighted by molar-refractivity contribution is 5.96. The molecule has 1 aromatic rings. The Bertz CT molecular complexity index is 268. The fraction of sp³-hybridized carbons (Fsp3) is 0.111. The van der Waals surface area contributed by atoms with Crippen molar-refractivity contribution in [3.63, 3.8) is 0 Å². The molecular weight excluding hydrogens is 143 g/mol. The lowest BCUT2D eigenvalue weighted by molar-refractivity contribution is 0.0991. The van der Waals surface area contributed by atoms with E-state index in [-0.39, 0.29) is 17.8 Å². The van der Waals surface area contributed by atoms with Gasteiger partial charge in [0, 0.05) is 6.42 Å². The van der Waals surface area contributed by atoms with E-state index < -0.39 is 5.82 Å². The molecule has 0 saturated heterocycles. The molecule has 1 aromatic carbocycles. The minimum atomic E-state index is -0.471. The van der Waals surface area contributed by atoms with Gasteiger partial charge in [-0.25, -0.2) is 4.39 Å². The molecule has 0 saturated carbocycles. The minimum Gasteiger partial charge on any atom is -0.294 e. The van der Waals surface area contributed by atoms with Gasteiger partial charge in [0.05, 0.1) is 5.56 Å². The predicted octanol–water partition coefficient (Wildman–Crippen LogP) is 2.23. The molecule has 0 unspecified atom stereocenters. The van der Waals surface area contributed by atoms with Crippen LogP contribution in [-0.2, 0) is 0 Å². The number of Topliss-reactive ketones (excluding diaryl/α,β-unsaturated/α-hetero) is 1. The largest absolute Gasteiger partial charge is 0.294 e. The maximum atomic E-state index is 12.8. The van der Waals surface area contributed by atoms with E-state index >= 15 is 0 Å². The van der Waals surface area contributed by atoms with Crippen LogP contribution in [0.2, 0.25) is 0 Å². The number of ketones is 1. The second kappa shape index (κ2) is 3.28. The van der Waals surface area contributed by atoms with Gasteiger partial charge >= 0.3 is 0 Å². The van der Waals surface area contributed by atoms with Crippen LogP contribution in [0.4, 0.5) is 4.39 Å². The van der Waals surface area contributed by atoms with Gasteiger partial charge in [0.1, 0.15) is 5.82 Å². The molecule has 1 radical (unpaired) electrons. The van der Waals surface area contributed by atoms with Crippen molar-refractivity contribution in [2.75, 3.05) is 0 Å². The molecule has 0 spiro atoms. The van der Waals surface area contributed by atoms with Crippen LogP contribution in [0.3, 0.4) is 0 Å². The first-order valence-corrected chi connectivity index (χ1v) is 3.32. The summed E-state index contributed by atoms with van der Waals surface area (Å²) in [7, 11) is 0. The highest BCUT2D eigenvalue weighted by Crippen LogP contribution is 2.08. The molecule has 11 heavy (non-hydrogen) atoms.